The standard InChI is InChI=1S/C22H20N4O2S/c1-13-6-5-8-15(10-13)11-19(27)24-20-16-12-18(29-22(16)26-25-20)21(28)23-17-9-4-3-7-14(17)2/h3-10,12H,11H2,1-2H3,(H,23,28)(H2,24,25,26,27). The highest BCUT2D eigenvalue weighted by Gasteiger charge is 2.17. The van der Waals surface area contributed by atoms with E-state index in [1.54, 1.807) is 6.07 Å². The van der Waals surface area contributed by atoms with Gasteiger partial charge in [-0.2, -0.15) is 5.10 Å². The molecule has 3 N–H and O–H groups in total. The van der Waals surface area contributed by atoms with Crippen molar-refractivity contribution in [3.05, 3.63) is 76.2 Å². The van der Waals surface area contributed by atoms with Crippen LogP contribution >= 0.6 is 11.3 Å². The minimum Gasteiger partial charge on any atom is -0.321 e. The highest BCUT2D eigenvalue weighted by atomic mass is 32.1. The molecule has 0 saturated heterocycles. The fraction of sp³-hybridized carbons (Fsp3) is 0.136. The van der Waals surface area contributed by atoms with Crippen molar-refractivity contribution >= 4 is 44.9 Å². The molecule has 0 bridgehead atoms. The van der Waals surface area contributed by atoms with Crippen molar-refractivity contribution in [2.24, 2.45) is 0 Å². The van der Waals surface area contributed by atoms with Gasteiger partial charge in [0.1, 0.15) is 10.6 Å². The molecule has 0 saturated carbocycles. The second-order valence-corrected chi connectivity index (χ2v) is 7.94. The van der Waals surface area contributed by atoms with Gasteiger partial charge >= 0.3 is 0 Å². The summed E-state index contributed by atoms with van der Waals surface area (Å²) in [5.74, 6) is 0.168. The number of carbonyl (C=O) groups excluding carboxylic acids is 2. The van der Waals surface area contributed by atoms with Crippen LogP contribution in [0.2, 0.25) is 0 Å². The lowest BCUT2D eigenvalue weighted by Gasteiger charge is -2.06. The van der Waals surface area contributed by atoms with Gasteiger partial charge in [-0.1, -0.05) is 48.0 Å². The lowest BCUT2D eigenvalue weighted by atomic mass is 10.1. The van der Waals surface area contributed by atoms with Gasteiger partial charge in [0.2, 0.25) is 5.91 Å². The summed E-state index contributed by atoms with van der Waals surface area (Å²) >= 11 is 1.28. The number of anilines is 2. The van der Waals surface area contributed by atoms with E-state index in [9.17, 15) is 9.59 Å². The molecule has 6 nitrogen and oxygen atoms in total. The van der Waals surface area contributed by atoms with Crippen molar-refractivity contribution < 1.29 is 9.59 Å². The Morgan fingerprint density at radius 1 is 1.03 bits per heavy atom. The fourth-order valence-electron chi connectivity index (χ4n) is 3.11. The number of H-pyrrole nitrogens is 1. The third kappa shape index (κ3) is 4.20. The quantitative estimate of drug-likeness (QED) is 0.452. The van der Waals surface area contributed by atoms with Crippen molar-refractivity contribution in [2.45, 2.75) is 20.3 Å². The third-order valence-electron chi connectivity index (χ3n) is 4.58. The number of thiophene rings is 1. The summed E-state index contributed by atoms with van der Waals surface area (Å²) in [6.07, 6.45) is 0.271. The Hall–Kier alpha value is -3.45. The molecule has 4 rings (SSSR count). The molecule has 0 radical (unpaired) electrons. The van der Waals surface area contributed by atoms with Crippen LogP contribution in [0.5, 0.6) is 0 Å². The van der Waals surface area contributed by atoms with Crippen molar-refractivity contribution in [1.29, 1.82) is 0 Å². The van der Waals surface area contributed by atoms with Crippen LogP contribution in [0.4, 0.5) is 11.5 Å². The van der Waals surface area contributed by atoms with Gasteiger partial charge in [0.25, 0.3) is 5.91 Å². The monoisotopic (exact) mass is 404 g/mol. The van der Waals surface area contributed by atoms with E-state index in [4.69, 9.17) is 0 Å². The average Bonchev–Trinajstić information content (AvgIpc) is 3.26. The Bertz CT molecular complexity index is 1210. The van der Waals surface area contributed by atoms with E-state index in [1.807, 2.05) is 62.4 Å². The normalized spacial score (nSPS) is 10.8. The summed E-state index contributed by atoms with van der Waals surface area (Å²) in [6.45, 7) is 3.94. The predicted molar refractivity (Wildman–Crippen MR) is 117 cm³/mol. The van der Waals surface area contributed by atoms with Gasteiger partial charge < -0.3 is 10.6 Å². The predicted octanol–water partition coefficient (Wildman–Crippen LogP) is 4.67. The maximum Gasteiger partial charge on any atom is 0.265 e. The number of amides is 2. The number of nitrogens with one attached hydrogen (secondary N) is 3. The van der Waals surface area contributed by atoms with Crippen LogP contribution in [-0.4, -0.2) is 22.0 Å². The second-order valence-electron chi connectivity index (χ2n) is 6.91. The highest BCUT2D eigenvalue weighted by Crippen LogP contribution is 2.30. The van der Waals surface area contributed by atoms with Crippen LogP contribution in [0.1, 0.15) is 26.4 Å². The molecule has 0 aliphatic heterocycles. The molecule has 2 aromatic carbocycles. The zero-order valence-electron chi connectivity index (χ0n) is 16.1. The fourth-order valence-corrected chi connectivity index (χ4v) is 4.00. The van der Waals surface area contributed by atoms with Crippen LogP contribution in [0.3, 0.4) is 0 Å². The van der Waals surface area contributed by atoms with E-state index in [-0.39, 0.29) is 18.2 Å². The summed E-state index contributed by atoms with van der Waals surface area (Å²) in [4.78, 5) is 26.2. The molecule has 4 aromatic rings. The molecule has 0 unspecified atom stereocenters. The number of aromatic amines is 1. The van der Waals surface area contributed by atoms with Crippen molar-refractivity contribution in [2.75, 3.05) is 10.6 Å². The third-order valence-corrected chi connectivity index (χ3v) is 5.61. The Kier molecular flexibility index (Phi) is 5.14. The van der Waals surface area contributed by atoms with E-state index >= 15 is 0 Å². The number of rotatable bonds is 5. The highest BCUT2D eigenvalue weighted by molar-refractivity contribution is 7.20. The summed E-state index contributed by atoms with van der Waals surface area (Å²) in [5, 5.41) is 13.6. The first kappa shape index (κ1) is 18.9. The van der Waals surface area contributed by atoms with Gasteiger partial charge in [0.15, 0.2) is 0 Å². The van der Waals surface area contributed by atoms with Gasteiger partial charge in [-0.05, 0) is 37.1 Å². The van der Waals surface area contributed by atoms with Crippen LogP contribution in [0.25, 0.3) is 10.2 Å². The summed E-state index contributed by atoms with van der Waals surface area (Å²) < 4.78 is 0. The molecule has 2 heterocycles. The Balaban J connectivity index is 1.49. The van der Waals surface area contributed by atoms with Crippen LogP contribution in [0.15, 0.2) is 54.6 Å². The summed E-state index contributed by atoms with van der Waals surface area (Å²) in [5.41, 5.74) is 3.83. The largest absolute Gasteiger partial charge is 0.321 e. The molecule has 0 fully saturated rings. The van der Waals surface area contributed by atoms with Crippen molar-refractivity contribution in [1.82, 2.24) is 10.2 Å². The first-order valence-corrected chi connectivity index (χ1v) is 10.0. The minimum atomic E-state index is -0.195. The summed E-state index contributed by atoms with van der Waals surface area (Å²) in [6, 6.07) is 17.2. The van der Waals surface area contributed by atoms with E-state index in [0.29, 0.717) is 15.5 Å². The molecule has 146 valence electrons. The number of hydrogen-bond donors (Lipinski definition) is 3. The van der Waals surface area contributed by atoms with Crippen LogP contribution < -0.4 is 10.6 Å². The molecule has 0 spiro atoms. The Morgan fingerprint density at radius 3 is 2.66 bits per heavy atom. The number of benzene rings is 2. The molecular formula is C22H20N4O2S. The number of hydrogen-bond acceptors (Lipinski definition) is 4. The second kappa shape index (κ2) is 7.89. The number of aromatic nitrogens is 2. The van der Waals surface area contributed by atoms with Gasteiger partial charge in [-0.25, -0.2) is 0 Å². The molecular weight excluding hydrogens is 384 g/mol. The van der Waals surface area contributed by atoms with E-state index in [0.717, 1.165) is 27.8 Å². The Morgan fingerprint density at radius 2 is 1.86 bits per heavy atom. The average molecular weight is 404 g/mol. The smallest absolute Gasteiger partial charge is 0.265 e. The van der Waals surface area contributed by atoms with Crippen molar-refractivity contribution in [3.63, 3.8) is 0 Å². The number of nitrogens with zero attached hydrogens (tertiary/aromatic N) is 1. The maximum atomic E-state index is 12.6. The number of para-hydroxylation sites is 1. The lowest BCUT2D eigenvalue weighted by Crippen LogP contribution is -2.15. The van der Waals surface area contributed by atoms with Gasteiger partial charge in [0, 0.05) is 5.69 Å². The zero-order valence-corrected chi connectivity index (χ0v) is 16.9. The number of aryl methyl sites for hydroxylation is 2. The molecule has 0 atom stereocenters. The van der Waals surface area contributed by atoms with Gasteiger partial charge in [0.05, 0.1) is 16.7 Å². The molecule has 2 aromatic heterocycles. The number of fused-ring (bicyclic) bond motifs is 1. The van der Waals surface area contributed by atoms with Crippen molar-refractivity contribution in [3.8, 4) is 0 Å². The Labute approximate surface area is 172 Å². The van der Waals surface area contributed by atoms with Gasteiger partial charge in [-0.15, -0.1) is 11.3 Å². The first-order valence-electron chi connectivity index (χ1n) is 9.20. The van der Waals surface area contributed by atoms with Crippen LogP contribution in [-0.2, 0) is 11.2 Å². The van der Waals surface area contributed by atoms with Gasteiger partial charge in [-0.3, -0.25) is 14.7 Å². The van der Waals surface area contributed by atoms with E-state index < -0.39 is 0 Å². The molecule has 0 aliphatic carbocycles. The SMILES string of the molecule is Cc1cccc(CC(=O)Nc2[nH]nc3sc(C(=O)Nc4ccccc4C)cc23)c1. The topological polar surface area (TPSA) is 86.9 Å². The molecule has 7 heteroatoms. The maximum absolute atomic E-state index is 12.6. The van der Waals surface area contributed by atoms with E-state index in [2.05, 4.69) is 20.8 Å². The first-order chi connectivity index (χ1) is 14.0. The minimum absolute atomic E-state index is 0.140. The molecule has 2 amide bonds. The molecule has 0 aliphatic rings. The summed E-state index contributed by atoms with van der Waals surface area (Å²) in [7, 11) is 0. The lowest BCUT2D eigenvalue weighted by molar-refractivity contribution is -0.115. The molecule has 29 heavy (non-hydrogen) atoms. The zero-order chi connectivity index (χ0) is 20.4. The van der Waals surface area contributed by atoms with Crippen LogP contribution in [0, 0.1) is 13.8 Å². The number of carbonyl (C=O) groups is 2. The van der Waals surface area contributed by atoms with E-state index in [1.165, 1.54) is 11.3 Å².